The highest BCUT2D eigenvalue weighted by molar-refractivity contribution is 7.89. The summed E-state index contributed by atoms with van der Waals surface area (Å²) in [6, 6.07) is 13.0. The smallest absolute Gasteiger partial charge is 0.243 e. The topological polar surface area (TPSA) is 46.6 Å². The number of methoxy groups -OCH3 is 1. The molecule has 1 aliphatic carbocycles. The molecular formula is C18H21NO3S. The van der Waals surface area contributed by atoms with E-state index in [2.05, 4.69) is 0 Å². The van der Waals surface area contributed by atoms with Crippen LogP contribution in [0.2, 0.25) is 0 Å². The maximum Gasteiger partial charge on any atom is 0.243 e. The van der Waals surface area contributed by atoms with Crippen molar-refractivity contribution in [2.24, 2.45) is 0 Å². The fourth-order valence-electron chi connectivity index (χ4n) is 3.00. The standard InChI is InChI=1S/C18H21NO3S/c1-19(13-14-5-3-8-17(11-14)22-2)23(20,21)18-10-9-15-6-4-7-16(15)12-18/h3,5,8-12H,4,6-7,13H2,1-2H3. The third-order valence-electron chi connectivity index (χ3n) is 4.32. The molecule has 0 atom stereocenters. The van der Waals surface area contributed by atoms with Gasteiger partial charge in [0.05, 0.1) is 12.0 Å². The third kappa shape index (κ3) is 3.26. The number of nitrogens with zero attached hydrogens (tertiary/aromatic N) is 1. The van der Waals surface area contributed by atoms with E-state index in [1.165, 1.54) is 15.4 Å². The monoisotopic (exact) mass is 331 g/mol. The molecule has 3 rings (SSSR count). The lowest BCUT2D eigenvalue weighted by Crippen LogP contribution is -2.26. The van der Waals surface area contributed by atoms with Gasteiger partial charge in [-0.25, -0.2) is 8.42 Å². The first-order chi connectivity index (χ1) is 11.0. The van der Waals surface area contributed by atoms with Crippen molar-refractivity contribution in [1.82, 2.24) is 4.31 Å². The fourth-order valence-corrected chi connectivity index (χ4v) is 4.21. The van der Waals surface area contributed by atoms with E-state index >= 15 is 0 Å². The van der Waals surface area contributed by atoms with Gasteiger partial charge in [0.2, 0.25) is 10.0 Å². The third-order valence-corrected chi connectivity index (χ3v) is 6.12. The molecule has 0 heterocycles. The van der Waals surface area contributed by atoms with Crippen LogP contribution in [0.4, 0.5) is 0 Å². The van der Waals surface area contributed by atoms with Crippen LogP contribution in [0.3, 0.4) is 0 Å². The molecule has 0 aromatic heterocycles. The van der Waals surface area contributed by atoms with Crippen LogP contribution in [0.15, 0.2) is 47.4 Å². The quantitative estimate of drug-likeness (QED) is 0.846. The van der Waals surface area contributed by atoms with Gasteiger partial charge in [0, 0.05) is 13.6 Å². The largest absolute Gasteiger partial charge is 0.497 e. The maximum absolute atomic E-state index is 12.8. The number of hydrogen-bond donors (Lipinski definition) is 0. The molecule has 2 aromatic rings. The van der Waals surface area contributed by atoms with E-state index in [0.717, 1.165) is 30.6 Å². The number of aryl methyl sites for hydroxylation is 2. The van der Waals surface area contributed by atoms with E-state index < -0.39 is 10.0 Å². The Labute approximate surface area is 137 Å². The summed E-state index contributed by atoms with van der Waals surface area (Å²) in [4.78, 5) is 0.378. The first-order valence-electron chi connectivity index (χ1n) is 7.72. The summed E-state index contributed by atoms with van der Waals surface area (Å²) < 4.78 is 32.1. The summed E-state index contributed by atoms with van der Waals surface area (Å²) in [5.41, 5.74) is 3.34. The Balaban J connectivity index is 1.84. The van der Waals surface area contributed by atoms with Crippen molar-refractivity contribution in [3.05, 3.63) is 59.2 Å². The molecular weight excluding hydrogens is 310 g/mol. The Kier molecular flexibility index (Phi) is 4.41. The van der Waals surface area contributed by atoms with E-state index in [9.17, 15) is 8.42 Å². The molecule has 122 valence electrons. The summed E-state index contributed by atoms with van der Waals surface area (Å²) in [5, 5.41) is 0. The van der Waals surface area contributed by atoms with E-state index in [4.69, 9.17) is 4.74 Å². The molecule has 4 nitrogen and oxygen atoms in total. The van der Waals surface area contributed by atoms with Gasteiger partial charge in [-0.2, -0.15) is 4.31 Å². The van der Waals surface area contributed by atoms with Gasteiger partial charge >= 0.3 is 0 Å². The fraction of sp³-hybridized carbons (Fsp3) is 0.333. The van der Waals surface area contributed by atoms with Crippen LogP contribution in [-0.4, -0.2) is 26.9 Å². The minimum atomic E-state index is -3.49. The molecule has 5 heteroatoms. The van der Waals surface area contributed by atoms with Crippen molar-refractivity contribution < 1.29 is 13.2 Å². The summed E-state index contributed by atoms with van der Waals surface area (Å²) in [5.74, 6) is 0.728. The van der Waals surface area contributed by atoms with Gasteiger partial charge in [0.15, 0.2) is 0 Å². The van der Waals surface area contributed by atoms with Gasteiger partial charge in [-0.1, -0.05) is 18.2 Å². The summed E-state index contributed by atoms with van der Waals surface area (Å²) >= 11 is 0. The average molecular weight is 331 g/mol. The Morgan fingerprint density at radius 2 is 1.87 bits per heavy atom. The number of ether oxygens (including phenoxy) is 1. The predicted octanol–water partition coefficient (Wildman–Crippen LogP) is 3.00. The van der Waals surface area contributed by atoms with Gasteiger partial charge in [-0.15, -0.1) is 0 Å². The zero-order valence-electron chi connectivity index (χ0n) is 13.5. The number of fused-ring (bicyclic) bond motifs is 1. The molecule has 0 saturated heterocycles. The van der Waals surface area contributed by atoms with E-state index in [1.807, 2.05) is 36.4 Å². The lowest BCUT2D eigenvalue weighted by molar-refractivity contribution is 0.412. The summed E-state index contributed by atoms with van der Waals surface area (Å²) in [7, 11) is -0.271. The van der Waals surface area contributed by atoms with Gasteiger partial charge in [-0.05, 0) is 60.2 Å². The Bertz CT molecular complexity index is 815. The van der Waals surface area contributed by atoms with E-state index in [-0.39, 0.29) is 0 Å². The van der Waals surface area contributed by atoms with Crippen molar-refractivity contribution in [1.29, 1.82) is 0 Å². The molecule has 0 aliphatic heterocycles. The first kappa shape index (κ1) is 16.0. The lowest BCUT2D eigenvalue weighted by atomic mass is 10.1. The first-order valence-corrected chi connectivity index (χ1v) is 9.16. The average Bonchev–Trinajstić information content (AvgIpc) is 3.02. The van der Waals surface area contributed by atoms with Crippen molar-refractivity contribution in [2.75, 3.05) is 14.2 Å². The molecule has 0 saturated carbocycles. The van der Waals surface area contributed by atoms with Crippen LogP contribution in [-0.2, 0) is 29.4 Å². The van der Waals surface area contributed by atoms with E-state index in [0.29, 0.717) is 11.4 Å². The minimum absolute atomic E-state index is 0.316. The second-order valence-corrected chi connectivity index (χ2v) is 7.94. The normalized spacial score (nSPS) is 14.0. The van der Waals surface area contributed by atoms with Gasteiger partial charge < -0.3 is 4.74 Å². The molecule has 23 heavy (non-hydrogen) atoms. The zero-order chi connectivity index (χ0) is 16.4. The van der Waals surface area contributed by atoms with Crippen LogP contribution in [0, 0.1) is 0 Å². The molecule has 0 radical (unpaired) electrons. The molecule has 2 aromatic carbocycles. The number of hydrogen-bond acceptors (Lipinski definition) is 3. The van der Waals surface area contributed by atoms with Crippen molar-refractivity contribution >= 4 is 10.0 Å². The van der Waals surface area contributed by atoms with Crippen LogP contribution in [0.5, 0.6) is 5.75 Å². The maximum atomic E-state index is 12.8. The van der Waals surface area contributed by atoms with Crippen molar-refractivity contribution in [3.63, 3.8) is 0 Å². The molecule has 0 spiro atoms. The highest BCUT2D eigenvalue weighted by Gasteiger charge is 2.23. The lowest BCUT2D eigenvalue weighted by Gasteiger charge is -2.18. The van der Waals surface area contributed by atoms with Crippen LogP contribution in [0.25, 0.3) is 0 Å². The molecule has 0 fully saturated rings. The van der Waals surface area contributed by atoms with Crippen molar-refractivity contribution in [3.8, 4) is 5.75 Å². The molecule has 0 N–H and O–H groups in total. The van der Waals surface area contributed by atoms with Gasteiger partial charge in [0.25, 0.3) is 0 Å². The second kappa shape index (κ2) is 6.34. The minimum Gasteiger partial charge on any atom is -0.497 e. The van der Waals surface area contributed by atoms with Crippen molar-refractivity contribution in [2.45, 2.75) is 30.7 Å². The van der Waals surface area contributed by atoms with Crippen LogP contribution >= 0.6 is 0 Å². The highest BCUT2D eigenvalue weighted by Crippen LogP contribution is 2.26. The predicted molar refractivity (Wildman–Crippen MR) is 90.1 cm³/mol. The Hall–Kier alpha value is -1.85. The van der Waals surface area contributed by atoms with E-state index in [1.54, 1.807) is 20.2 Å². The summed E-state index contributed by atoms with van der Waals surface area (Å²) in [6.45, 7) is 0.316. The number of benzene rings is 2. The number of sulfonamides is 1. The van der Waals surface area contributed by atoms with Gasteiger partial charge in [0.1, 0.15) is 5.75 Å². The number of rotatable bonds is 5. The molecule has 0 unspecified atom stereocenters. The highest BCUT2D eigenvalue weighted by atomic mass is 32.2. The molecule has 1 aliphatic rings. The molecule has 0 amide bonds. The molecule has 0 bridgehead atoms. The van der Waals surface area contributed by atoms with Crippen LogP contribution < -0.4 is 4.74 Å². The SMILES string of the molecule is COc1cccc(CN(C)S(=O)(=O)c2ccc3c(c2)CCC3)c1. The summed E-state index contributed by atoms with van der Waals surface area (Å²) in [6.07, 6.45) is 3.13. The Morgan fingerprint density at radius 3 is 2.65 bits per heavy atom. The van der Waals surface area contributed by atoms with Crippen LogP contribution in [0.1, 0.15) is 23.1 Å². The Morgan fingerprint density at radius 1 is 1.09 bits per heavy atom. The van der Waals surface area contributed by atoms with Gasteiger partial charge in [-0.3, -0.25) is 0 Å². The zero-order valence-corrected chi connectivity index (χ0v) is 14.3. The second-order valence-electron chi connectivity index (χ2n) is 5.90.